The van der Waals surface area contributed by atoms with Crippen LogP contribution in [0, 0.1) is 6.92 Å². The SMILES string of the molecule is CC(=O)O.CC(=O)O.Cc1cc(O)ccc1O. The summed E-state index contributed by atoms with van der Waals surface area (Å²) in [6, 6.07) is 4.42. The number of aromatic hydroxyl groups is 2. The summed E-state index contributed by atoms with van der Waals surface area (Å²) in [5, 5.41) is 32.6. The van der Waals surface area contributed by atoms with Crippen LogP contribution in [0.15, 0.2) is 18.2 Å². The first-order valence-corrected chi connectivity index (χ1v) is 4.54. The number of carbonyl (C=O) groups is 2. The average molecular weight is 244 g/mol. The number of phenolic OH excluding ortho intramolecular Hbond substituents is 2. The molecule has 0 spiro atoms. The third-order valence-electron chi connectivity index (χ3n) is 1.18. The lowest BCUT2D eigenvalue weighted by atomic mass is 10.2. The first-order valence-electron chi connectivity index (χ1n) is 4.54. The zero-order valence-corrected chi connectivity index (χ0v) is 9.84. The Morgan fingerprint density at radius 3 is 1.59 bits per heavy atom. The van der Waals surface area contributed by atoms with Crippen molar-refractivity contribution in [2.75, 3.05) is 0 Å². The molecule has 6 heteroatoms. The Balaban J connectivity index is 0. The van der Waals surface area contributed by atoms with Crippen LogP contribution in [0.3, 0.4) is 0 Å². The van der Waals surface area contributed by atoms with E-state index < -0.39 is 11.9 Å². The van der Waals surface area contributed by atoms with Gasteiger partial charge >= 0.3 is 0 Å². The summed E-state index contributed by atoms with van der Waals surface area (Å²) < 4.78 is 0. The van der Waals surface area contributed by atoms with Crippen LogP contribution in [0.5, 0.6) is 11.5 Å². The molecule has 96 valence electrons. The lowest BCUT2D eigenvalue weighted by Crippen LogP contribution is -1.78. The number of benzene rings is 1. The molecule has 0 saturated heterocycles. The van der Waals surface area contributed by atoms with Gasteiger partial charge in [-0.2, -0.15) is 0 Å². The standard InChI is InChI=1S/C7H8O2.2C2H4O2/c1-5-4-6(8)2-3-7(5)9;2*1-2(3)4/h2-4,8-9H,1H3;2*1H3,(H,3,4). The second-order valence-corrected chi connectivity index (χ2v) is 3.01. The maximum Gasteiger partial charge on any atom is 0.300 e. The predicted octanol–water partition coefficient (Wildman–Crippen LogP) is 1.59. The number of hydrogen-bond acceptors (Lipinski definition) is 4. The monoisotopic (exact) mass is 244 g/mol. The highest BCUT2D eigenvalue weighted by Crippen LogP contribution is 2.19. The first-order chi connectivity index (χ1) is 7.66. The molecule has 0 fully saturated rings. The summed E-state index contributed by atoms with van der Waals surface area (Å²) in [4.78, 5) is 18.0. The molecular formula is C11H16O6. The lowest BCUT2D eigenvalue weighted by molar-refractivity contribution is -0.135. The zero-order chi connectivity index (χ0) is 14.0. The Morgan fingerprint density at radius 2 is 1.35 bits per heavy atom. The van der Waals surface area contributed by atoms with Gasteiger partial charge in [0, 0.05) is 13.8 Å². The van der Waals surface area contributed by atoms with Crippen LogP contribution in [0.2, 0.25) is 0 Å². The van der Waals surface area contributed by atoms with Gasteiger partial charge in [0.15, 0.2) is 0 Å². The van der Waals surface area contributed by atoms with E-state index in [1.54, 1.807) is 6.92 Å². The largest absolute Gasteiger partial charge is 0.508 e. The second-order valence-electron chi connectivity index (χ2n) is 3.01. The quantitative estimate of drug-likeness (QED) is 0.515. The van der Waals surface area contributed by atoms with Gasteiger partial charge in [-0.05, 0) is 30.7 Å². The Kier molecular flexibility index (Phi) is 9.11. The van der Waals surface area contributed by atoms with Crippen molar-refractivity contribution in [1.82, 2.24) is 0 Å². The van der Waals surface area contributed by atoms with Crippen LogP contribution in [0.25, 0.3) is 0 Å². The molecule has 0 bridgehead atoms. The van der Waals surface area contributed by atoms with Gasteiger partial charge in [-0.1, -0.05) is 0 Å². The fourth-order valence-corrected chi connectivity index (χ4v) is 0.640. The number of aryl methyl sites for hydroxylation is 1. The van der Waals surface area contributed by atoms with Gasteiger partial charge in [0.2, 0.25) is 0 Å². The van der Waals surface area contributed by atoms with Crippen molar-refractivity contribution in [3.8, 4) is 11.5 Å². The topological polar surface area (TPSA) is 115 Å². The summed E-state index contributed by atoms with van der Waals surface area (Å²) >= 11 is 0. The van der Waals surface area contributed by atoms with Gasteiger partial charge in [0.1, 0.15) is 11.5 Å². The molecule has 17 heavy (non-hydrogen) atoms. The number of phenols is 2. The third kappa shape index (κ3) is 16.4. The van der Waals surface area contributed by atoms with Gasteiger partial charge in [-0.25, -0.2) is 0 Å². The maximum atomic E-state index is 9.00. The van der Waals surface area contributed by atoms with Crippen LogP contribution in [-0.2, 0) is 9.59 Å². The van der Waals surface area contributed by atoms with Crippen LogP contribution >= 0.6 is 0 Å². The van der Waals surface area contributed by atoms with Gasteiger partial charge in [0.25, 0.3) is 11.9 Å². The first kappa shape index (κ1) is 17.2. The molecule has 0 atom stereocenters. The van der Waals surface area contributed by atoms with Crippen LogP contribution in [0.1, 0.15) is 19.4 Å². The van der Waals surface area contributed by atoms with Gasteiger partial charge < -0.3 is 20.4 Å². The molecule has 1 aromatic rings. The predicted molar refractivity (Wildman–Crippen MR) is 61.1 cm³/mol. The molecule has 0 aliphatic heterocycles. The highest BCUT2D eigenvalue weighted by Gasteiger charge is 1.93. The van der Waals surface area contributed by atoms with Crippen molar-refractivity contribution in [1.29, 1.82) is 0 Å². The second kappa shape index (κ2) is 9.02. The highest BCUT2D eigenvalue weighted by atomic mass is 16.4. The van der Waals surface area contributed by atoms with Crippen LogP contribution < -0.4 is 0 Å². The molecule has 1 aromatic carbocycles. The average Bonchev–Trinajstić information content (AvgIpc) is 2.10. The number of aliphatic carboxylic acids is 2. The Morgan fingerprint density at radius 1 is 1.00 bits per heavy atom. The molecule has 0 aliphatic rings. The van der Waals surface area contributed by atoms with Crippen molar-refractivity contribution < 1.29 is 30.0 Å². The van der Waals surface area contributed by atoms with E-state index in [2.05, 4.69) is 0 Å². The maximum absolute atomic E-state index is 9.00. The summed E-state index contributed by atoms with van der Waals surface area (Å²) in [7, 11) is 0. The molecule has 0 aliphatic carbocycles. The fourth-order valence-electron chi connectivity index (χ4n) is 0.640. The normalized spacial score (nSPS) is 7.94. The van der Waals surface area contributed by atoms with E-state index in [4.69, 9.17) is 30.0 Å². The van der Waals surface area contributed by atoms with Crippen molar-refractivity contribution in [3.05, 3.63) is 23.8 Å². The molecular weight excluding hydrogens is 228 g/mol. The minimum atomic E-state index is -0.833. The van der Waals surface area contributed by atoms with E-state index >= 15 is 0 Å². The minimum Gasteiger partial charge on any atom is -0.508 e. The minimum absolute atomic E-state index is 0.185. The van der Waals surface area contributed by atoms with Gasteiger partial charge in [-0.3, -0.25) is 9.59 Å². The summed E-state index contributed by atoms with van der Waals surface area (Å²) in [6.07, 6.45) is 0. The van der Waals surface area contributed by atoms with Crippen molar-refractivity contribution in [2.24, 2.45) is 0 Å². The summed E-state index contributed by atoms with van der Waals surface area (Å²) in [5.41, 5.74) is 0.690. The van der Waals surface area contributed by atoms with E-state index in [-0.39, 0.29) is 11.5 Å². The Bertz CT molecular complexity index is 352. The zero-order valence-electron chi connectivity index (χ0n) is 9.84. The Hall–Kier alpha value is -2.24. The molecule has 0 amide bonds. The smallest absolute Gasteiger partial charge is 0.300 e. The van der Waals surface area contributed by atoms with E-state index in [1.807, 2.05) is 0 Å². The highest BCUT2D eigenvalue weighted by molar-refractivity contribution is 5.63. The fraction of sp³-hybridized carbons (Fsp3) is 0.273. The van der Waals surface area contributed by atoms with E-state index in [0.717, 1.165) is 13.8 Å². The van der Waals surface area contributed by atoms with Gasteiger partial charge in [-0.15, -0.1) is 0 Å². The number of carboxylic acid groups (broad SMARTS) is 2. The van der Waals surface area contributed by atoms with E-state index in [0.29, 0.717) is 5.56 Å². The summed E-state index contributed by atoms with van der Waals surface area (Å²) in [6.45, 7) is 3.90. The molecule has 6 nitrogen and oxygen atoms in total. The molecule has 4 N–H and O–H groups in total. The van der Waals surface area contributed by atoms with Crippen LogP contribution in [0.4, 0.5) is 0 Å². The summed E-state index contributed by atoms with van der Waals surface area (Å²) in [5.74, 6) is -1.27. The molecule has 0 aromatic heterocycles. The van der Waals surface area contributed by atoms with Crippen LogP contribution in [-0.4, -0.2) is 32.4 Å². The number of carboxylic acids is 2. The molecule has 0 unspecified atom stereocenters. The lowest BCUT2D eigenvalue weighted by Gasteiger charge is -1.96. The third-order valence-corrected chi connectivity index (χ3v) is 1.18. The number of rotatable bonds is 0. The number of hydrogen-bond donors (Lipinski definition) is 4. The Labute approximate surface area is 98.8 Å². The van der Waals surface area contributed by atoms with Crippen molar-refractivity contribution in [3.63, 3.8) is 0 Å². The molecule has 0 saturated carbocycles. The van der Waals surface area contributed by atoms with Crippen molar-refractivity contribution >= 4 is 11.9 Å². The molecule has 0 radical (unpaired) electrons. The van der Waals surface area contributed by atoms with E-state index in [9.17, 15) is 0 Å². The molecule has 1 rings (SSSR count). The van der Waals surface area contributed by atoms with Gasteiger partial charge in [0.05, 0.1) is 0 Å². The van der Waals surface area contributed by atoms with E-state index in [1.165, 1.54) is 18.2 Å². The molecule has 0 heterocycles. The van der Waals surface area contributed by atoms with Crippen molar-refractivity contribution in [2.45, 2.75) is 20.8 Å².